The predicted molar refractivity (Wildman–Crippen MR) is 79.3 cm³/mol. The van der Waals surface area contributed by atoms with Gasteiger partial charge in [0.05, 0.1) is 0 Å². The van der Waals surface area contributed by atoms with Crippen LogP contribution in [0.3, 0.4) is 0 Å². The van der Waals surface area contributed by atoms with Gasteiger partial charge in [-0.2, -0.15) is 0 Å². The van der Waals surface area contributed by atoms with Crippen molar-refractivity contribution < 1.29 is 0 Å². The van der Waals surface area contributed by atoms with E-state index < -0.39 is 0 Å². The van der Waals surface area contributed by atoms with E-state index in [2.05, 4.69) is 34.3 Å². The minimum absolute atomic E-state index is 0.141. The first-order valence-electron chi connectivity index (χ1n) is 6.78. The average Bonchev–Trinajstić information content (AvgIpc) is 2.71. The van der Waals surface area contributed by atoms with Gasteiger partial charge in [0, 0.05) is 0 Å². The van der Waals surface area contributed by atoms with Gasteiger partial charge in [-0.25, -0.2) is 0 Å². The summed E-state index contributed by atoms with van der Waals surface area (Å²) in [7, 11) is 0.283. The van der Waals surface area contributed by atoms with Gasteiger partial charge in [0.1, 0.15) is 0 Å². The van der Waals surface area contributed by atoms with E-state index in [9.17, 15) is 0 Å². The SMILES string of the molecule is C=C(P1C(C)CCC1C)P1C(C)CCC1C. The second-order valence-corrected chi connectivity index (χ2v) is 12.4. The summed E-state index contributed by atoms with van der Waals surface area (Å²) in [5.74, 6) is 0. The Kier molecular flexibility index (Phi) is 4.14. The molecule has 0 aromatic rings. The van der Waals surface area contributed by atoms with Crippen LogP contribution in [0.15, 0.2) is 11.6 Å². The lowest BCUT2D eigenvalue weighted by Gasteiger charge is -2.32. The van der Waals surface area contributed by atoms with E-state index in [4.69, 9.17) is 0 Å². The summed E-state index contributed by atoms with van der Waals surface area (Å²) in [4.78, 5) is 0. The summed E-state index contributed by atoms with van der Waals surface area (Å²) in [6.07, 6.45) is 5.82. The molecule has 2 heteroatoms. The molecule has 2 heterocycles. The summed E-state index contributed by atoms with van der Waals surface area (Å²) < 4.78 is 0. The van der Waals surface area contributed by atoms with Crippen molar-refractivity contribution in [1.29, 1.82) is 0 Å². The first-order chi connectivity index (χ1) is 7.52. The van der Waals surface area contributed by atoms with Crippen molar-refractivity contribution >= 4 is 15.8 Å². The Labute approximate surface area is 104 Å². The molecule has 92 valence electrons. The third kappa shape index (κ3) is 2.26. The highest BCUT2D eigenvalue weighted by Gasteiger charge is 2.39. The van der Waals surface area contributed by atoms with Crippen LogP contribution in [-0.2, 0) is 0 Å². The third-order valence-electron chi connectivity index (χ3n) is 4.50. The standard InChI is InChI=1S/C14H26P2/c1-10-6-7-11(2)15(10)14(5)16-12(3)8-9-13(16)4/h10-13H,5-9H2,1-4H3. The van der Waals surface area contributed by atoms with Gasteiger partial charge in [0.15, 0.2) is 0 Å². The van der Waals surface area contributed by atoms with Gasteiger partial charge in [0.2, 0.25) is 0 Å². The molecule has 0 aromatic carbocycles. The van der Waals surface area contributed by atoms with Crippen LogP contribution in [0, 0.1) is 0 Å². The van der Waals surface area contributed by atoms with Crippen LogP contribution in [0.5, 0.6) is 0 Å². The molecule has 16 heavy (non-hydrogen) atoms. The van der Waals surface area contributed by atoms with E-state index >= 15 is 0 Å². The van der Waals surface area contributed by atoms with Gasteiger partial charge in [-0.05, 0) is 53.4 Å². The number of rotatable bonds is 2. The molecule has 2 rings (SSSR count). The van der Waals surface area contributed by atoms with Crippen molar-refractivity contribution in [1.82, 2.24) is 0 Å². The van der Waals surface area contributed by atoms with Gasteiger partial charge in [-0.1, -0.05) is 50.1 Å². The summed E-state index contributed by atoms with van der Waals surface area (Å²) in [6, 6.07) is 0. The maximum atomic E-state index is 4.58. The highest BCUT2D eigenvalue weighted by Crippen LogP contribution is 2.74. The van der Waals surface area contributed by atoms with E-state index in [0.29, 0.717) is 0 Å². The topological polar surface area (TPSA) is 0 Å². The normalized spacial score (nSPS) is 48.5. The summed E-state index contributed by atoms with van der Waals surface area (Å²) in [5, 5.41) is 1.74. The molecule has 0 saturated carbocycles. The van der Waals surface area contributed by atoms with E-state index in [1.807, 2.05) is 0 Å². The molecule has 2 aliphatic rings. The smallest absolute Gasteiger partial charge is 0.0195 e. The predicted octanol–water partition coefficient (Wildman–Crippen LogP) is 5.56. The monoisotopic (exact) mass is 256 g/mol. The van der Waals surface area contributed by atoms with Gasteiger partial charge in [-0.3, -0.25) is 0 Å². The van der Waals surface area contributed by atoms with E-state index in [-0.39, 0.29) is 15.8 Å². The first kappa shape index (κ1) is 13.0. The summed E-state index contributed by atoms with van der Waals surface area (Å²) in [6.45, 7) is 14.5. The Morgan fingerprint density at radius 1 is 0.750 bits per heavy atom. The fourth-order valence-electron chi connectivity index (χ4n) is 3.54. The van der Waals surface area contributed by atoms with Crippen molar-refractivity contribution in [2.45, 2.75) is 76.0 Å². The third-order valence-corrected chi connectivity index (χ3v) is 11.9. The minimum Gasteiger partial charge on any atom is -0.0908 e. The molecule has 0 radical (unpaired) electrons. The van der Waals surface area contributed by atoms with Crippen LogP contribution in [0.4, 0.5) is 0 Å². The van der Waals surface area contributed by atoms with E-state index in [1.165, 1.54) is 25.7 Å². The zero-order chi connectivity index (χ0) is 11.9. The number of hydrogen-bond acceptors (Lipinski definition) is 0. The summed E-state index contributed by atoms with van der Waals surface area (Å²) >= 11 is 0. The maximum Gasteiger partial charge on any atom is -0.0195 e. The Morgan fingerprint density at radius 2 is 1.00 bits per heavy atom. The zero-order valence-corrected chi connectivity index (χ0v) is 13.0. The second kappa shape index (κ2) is 5.07. The molecular formula is C14H26P2. The number of hydrogen-bond donors (Lipinski definition) is 0. The maximum absolute atomic E-state index is 4.58. The molecule has 4 unspecified atom stereocenters. The Hall–Kier alpha value is 0.600. The Balaban J connectivity index is 2.12. The highest BCUT2D eigenvalue weighted by atomic mass is 31.2. The van der Waals surface area contributed by atoms with Crippen LogP contribution in [0.25, 0.3) is 0 Å². The average molecular weight is 256 g/mol. The van der Waals surface area contributed by atoms with Gasteiger partial charge in [-0.15, -0.1) is 0 Å². The lowest BCUT2D eigenvalue weighted by atomic mass is 10.2. The molecule has 4 atom stereocenters. The van der Waals surface area contributed by atoms with Crippen molar-refractivity contribution in [3.05, 3.63) is 11.6 Å². The van der Waals surface area contributed by atoms with Crippen molar-refractivity contribution in [2.75, 3.05) is 0 Å². The molecule has 0 nitrogen and oxygen atoms in total. The second-order valence-electron chi connectivity index (χ2n) is 5.78. The van der Waals surface area contributed by atoms with Crippen molar-refractivity contribution in [3.8, 4) is 0 Å². The van der Waals surface area contributed by atoms with Crippen molar-refractivity contribution in [2.24, 2.45) is 0 Å². The molecule has 0 bridgehead atoms. The van der Waals surface area contributed by atoms with Crippen LogP contribution < -0.4 is 0 Å². The largest absolute Gasteiger partial charge is 0.0908 e. The molecule has 0 amide bonds. The first-order valence-corrected chi connectivity index (χ1v) is 9.74. The molecule has 2 fully saturated rings. The van der Waals surface area contributed by atoms with Crippen LogP contribution >= 0.6 is 15.8 Å². The van der Waals surface area contributed by atoms with Crippen LogP contribution in [0.1, 0.15) is 53.4 Å². The lowest BCUT2D eigenvalue weighted by molar-refractivity contribution is 0.777. The van der Waals surface area contributed by atoms with Crippen LogP contribution in [0.2, 0.25) is 0 Å². The zero-order valence-electron chi connectivity index (χ0n) is 11.2. The highest BCUT2D eigenvalue weighted by molar-refractivity contribution is 7.83. The Morgan fingerprint density at radius 3 is 1.25 bits per heavy atom. The molecule has 0 aliphatic carbocycles. The summed E-state index contributed by atoms with van der Waals surface area (Å²) in [5.41, 5.74) is 3.83. The molecule has 2 aliphatic heterocycles. The van der Waals surface area contributed by atoms with Gasteiger partial charge in [0.25, 0.3) is 0 Å². The van der Waals surface area contributed by atoms with Crippen molar-refractivity contribution in [3.63, 3.8) is 0 Å². The molecule has 0 spiro atoms. The lowest BCUT2D eigenvalue weighted by Crippen LogP contribution is -2.04. The van der Waals surface area contributed by atoms with Crippen LogP contribution in [-0.4, -0.2) is 22.6 Å². The molecule has 0 N–H and O–H groups in total. The molecule has 0 aromatic heterocycles. The molecule has 2 saturated heterocycles. The van der Waals surface area contributed by atoms with E-state index in [1.54, 1.807) is 5.06 Å². The van der Waals surface area contributed by atoms with Gasteiger partial charge >= 0.3 is 0 Å². The molecular weight excluding hydrogens is 230 g/mol. The van der Waals surface area contributed by atoms with Gasteiger partial charge < -0.3 is 0 Å². The van der Waals surface area contributed by atoms with E-state index in [0.717, 1.165) is 22.6 Å². The minimum atomic E-state index is 0.141. The fraction of sp³-hybridized carbons (Fsp3) is 0.857. The Bertz CT molecular complexity index is 228. The quantitative estimate of drug-likeness (QED) is 0.567. The fourth-order valence-corrected chi connectivity index (χ4v) is 12.5.